The minimum absolute atomic E-state index is 0.203. The van der Waals surface area contributed by atoms with Crippen molar-refractivity contribution in [3.8, 4) is 0 Å². The number of aliphatic hydroxyl groups excluding tert-OH is 1. The Hall–Kier alpha value is -1.30. The molecular weight excluding hydrogens is 233 g/mol. The van der Waals surface area contributed by atoms with Crippen LogP contribution in [0.25, 0.3) is 0 Å². The molecule has 0 spiro atoms. The van der Waals surface area contributed by atoms with E-state index in [1.165, 1.54) is 6.20 Å². The first-order valence-corrected chi connectivity index (χ1v) is 5.34. The van der Waals surface area contributed by atoms with Crippen LogP contribution in [0.2, 0.25) is 0 Å². The lowest BCUT2D eigenvalue weighted by molar-refractivity contribution is -0.119. The molecule has 3 nitrogen and oxygen atoms in total. The van der Waals surface area contributed by atoms with E-state index >= 15 is 0 Å². The normalized spacial score (nSPS) is 11.6. The summed E-state index contributed by atoms with van der Waals surface area (Å²) in [5.41, 5.74) is 0.408. The van der Waals surface area contributed by atoms with Gasteiger partial charge in [0, 0.05) is 18.3 Å². The number of alkyl halides is 3. The quantitative estimate of drug-likeness (QED) is 0.869. The zero-order chi connectivity index (χ0) is 12.9. The highest BCUT2D eigenvalue weighted by molar-refractivity contribution is 5.46. The van der Waals surface area contributed by atoms with Gasteiger partial charge in [0.05, 0.1) is 6.61 Å². The minimum Gasteiger partial charge on any atom is -0.392 e. The zero-order valence-corrected chi connectivity index (χ0v) is 9.54. The Labute approximate surface area is 97.9 Å². The molecule has 6 heteroatoms. The van der Waals surface area contributed by atoms with Gasteiger partial charge in [0.15, 0.2) is 0 Å². The van der Waals surface area contributed by atoms with E-state index in [-0.39, 0.29) is 19.0 Å². The molecule has 0 amide bonds. The first-order chi connectivity index (χ1) is 7.98. The van der Waals surface area contributed by atoms with Gasteiger partial charge in [-0.1, -0.05) is 13.0 Å². The number of halogens is 3. The van der Waals surface area contributed by atoms with Crippen LogP contribution in [-0.2, 0) is 6.61 Å². The van der Waals surface area contributed by atoms with Crippen molar-refractivity contribution in [2.75, 3.05) is 18.0 Å². The molecule has 0 saturated carbocycles. The lowest BCUT2D eigenvalue weighted by Gasteiger charge is -2.26. The summed E-state index contributed by atoms with van der Waals surface area (Å²) in [5.74, 6) is 0.203. The number of pyridine rings is 1. The number of hydrogen-bond donors (Lipinski definition) is 1. The van der Waals surface area contributed by atoms with Gasteiger partial charge >= 0.3 is 6.18 Å². The Bertz CT molecular complexity index is 355. The second-order valence-corrected chi connectivity index (χ2v) is 3.68. The van der Waals surface area contributed by atoms with Crippen molar-refractivity contribution in [3.63, 3.8) is 0 Å². The van der Waals surface area contributed by atoms with Crippen LogP contribution in [-0.4, -0.2) is 29.4 Å². The number of rotatable bonds is 5. The van der Waals surface area contributed by atoms with Crippen molar-refractivity contribution in [2.24, 2.45) is 0 Å². The van der Waals surface area contributed by atoms with Gasteiger partial charge in [-0.3, -0.25) is 0 Å². The molecule has 96 valence electrons. The molecule has 1 aromatic heterocycles. The van der Waals surface area contributed by atoms with Crippen LogP contribution in [0, 0.1) is 0 Å². The molecule has 1 rings (SSSR count). The maximum atomic E-state index is 12.4. The van der Waals surface area contributed by atoms with Gasteiger partial charge in [0.2, 0.25) is 0 Å². The van der Waals surface area contributed by atoms with Gasteiger partial charge in [-0.25, -0.2) is 4.98 Å². The highest BCUT2D eigenvalue weighted by Crippen LogP contribution is 2.23. The number of aromatic nitrogens is 1. The van der Waals surface area contributed by atoms with Gasteiger partial charge in [-0.05, 0) is 12.5 Å². The molecule has 0 bridgehead atoms. The van der Waals surface area contributed by atoms with Crippen molar-refractivity contribution in [2.45, 2.75) is 26.1 Å². The van der Waals surface area contributed by atoms with Gasteiger partial charge in [0.1, 0.15) is 12.4 Å². The average Bonchev–Trinajstić information content (AvgIpc) is 2.27. The molecule has 1 aromatic rings. The fourth-order valence-electron chi connectivity index (χ4n) is 1.58. The molecular formula is C11H15F3N2O. The number of aliphatic hydroxyl groups is 1. The van der Waals surface area contributed by atoms with E-state index in [4.69, 9.17) is 5.11 Å². The maximum Gasteiger partial charge on any atom is 0.405 e. The smallest absolute Gasteiger partial charge is 0.392 e. The third kappa shape index (κ3) is 4.22. The first kappa shape index (κ1) is 13.8. The van der Waals surface area contributed by atoms with Crippen LogP contribution < -0.4 is 4.90 Å². The Morgan fingerprint density at radius 3 is 2.65 bits per heavy atom. The molecule has 0 fully saturated rings. The van der Waals surface area contributed by atoms with E-state index in [9.17, 15) is 13.2 Å². The highest BCUT2D eigenvalue weighted by Gasteiger charge is 2.31. The third-order valence-corrected chi connectivity index (χ3v) is 2.20. The topological polar surface area (TPSA) is 36.4 Å². The van der Waals surface area contributed by atoms with E-state index < -0.39 is 12.7 Å². The summed E-state index contributed by atoms with van der Waals surface area (Å²) in [6.07, 6.45) is -2.27. The van der Waals surface area contributed by atoms with Gasteiger partial charge in [0.25, 0.3) is 0 Å². The largest absolute Gasteiger partial charge is 0.405 e. The summed E-state index contributed by atoms with van der Waals surface area (Å²) in [7, 11) is 0. The molecule has 0 aliphatic rings. The summed E-state index contributed by atoms with van der Waals surface area (Å²) in [6, 6.07) is 3.16. The number of nitrogens with zero attached hydrogens (tertiary/aromatic N) is 2. The molecule has 0 atom stereocenters. The molecule has 0 aliphatic heterocycles. The van der Waals surface area contributed by atoms with Gasteiger partial charge in [-0.2, -0.15) is 13.2 Å². The van der Waals surface area contributed by atoms with E-state index in [0.717, 1.165) is 4.90 Å². The standard InChI is InChI=1S/C11H15F3N2O/c1-2-6-16(8-11(12,13)14)10-9(7-17)4-3-5-15-10/h3-5,17H,2,6-8H2,1H3. The highest BCUT2D eigenvalue weighted by atomic mass is 19.4. The van der Waals surface area contributed by atoms with Crippen LogP contribution in [0.1, 0.15) is 18.9 Å². The van der Waals surface area contributed by atoms with Crippen LogP contribution in [0.4, 0.5) is 19.0 Å². The molecule has 0 radical (unpaired) electrons. The Morgan fingerprint density at radius 2 is 2.12 bits per heavy atom. The fourth-order valence-corrected chi connectivity index (χ4v) is 1.58. The van der Waals surface area contributed by atoms with E-state index in [2.05, 4.69) is 4.98 Å². The summed E-state index contributed by atoms with van der Waals surface area (Å²) in [6.45, 7) is 0.681. The van der Waals surface area contributed by atoms with Crippen molar-refractivity contribution in [1.82, 2.24) is 4.98 Å². The molecule has 0 aromatic carbocycles. The van der Waals surface area contributed by atoms with E-state index in [0.29, 0.717) is 12.0 Å². The van der Waals surface area contributed by atoms with Crippen molar-refractivity contribution in [1.29, 1.82) is 0 Å². The SMILES string of the molecule is CCCN(CC(F)(F)F)c1ncccc1CO. The van der Waals surface area contributed by atoms with Gasteiger partial charge in [-0.15, -0.1) is 0 Å². The Balaban J connectivity index is 2.96. The fraction of sp³-hybridized carbons (Fsp3) is 0.545. The molecule has 1 N–H and O–H groups in total. The second-order valence-electron chi connectivity index (χ2n) is 3.68. The molecule has 0 unspecified atom stereocenters. The minimum atomic E-state index is -4.28. The second kappa shape index (κ2) is 5.86. The van der Waals surface area contributed by atoms with E-state index in [1.54, 1.807) is 19.1 Å². The number of anilines is 1. The summed E-state index contributed by atoms with van der Waals surface area (Å²) in [4.78, 5) is 5.06. The summed E-state index contributed by atoms with van der Waals surface area (Å²) >= 11 is 0. The lowest BCUT2D eigenvalue weighted by Crippen LogP contribution is -2.36. The van der Waals surface area contributed by atoms with Crippen molar-refractivity contribution >= 4 is 5.82 Å². The zero-order valence-electron chi connectivity index (χ0n) is 9.54. The Morgan fingerprint density at radius 1 is 1.41 bits per heavy atom. The molecule has 0 aliphatic carbocycles. The Kier molecular flexibility index (Phi) is 4.74. The first-order valence-electron chi connectivity index (χ1n) is 5.34. The van der Waals surface area contributed by atoms with Crippen molar-refractivity contribution < 1.29 is 18.3 Å². The third-order valence-electron chi connectivity index (χ3n) is 2.20. The summed E-state index contributed by atoms with van der Waals surface area (Å²) < 4.78 is 37.3. The predicted molar refractivity (Wildman–Crippen MR) is 58.7 cm³/mol. The van der Waals surface area contributed by atoms with Crippen LogP contribution in [0.3, 0.4) is 0 Å². The van der Waals surface area contributed by atoms with Gasteiger partial charge < -0.3 is 10.0 Å². The molecule has 0 saturated heterocycles. The summed E-state index contributed by atoms with van der Waals surface area (Å²) in [5, 5.41) is 9.09. The van der Waals surface area contributed by atoms with Crippen LogP contribution >= 0.6 is 0 Å². The molecule has 17 heavy (non-hydrogen) atoms. The van der Waals surface area contributed by atoms with E-state index in [1.807, 2.05) is 0 Å². The average molecular weight is 248 g/mol. The van der Waals surface area contributed by atoms with Crippen molar-refractivity contribution in [3.05, 3.63) is 23.9 Å². The number of hydrogen-bond acceptors (Lipinski definition) is 3. The van der Waals surface area contributed by atoms with Crippen LogP contribution in [0.5, 0.6) is 0 Å². The predicted octanol–water partition coefficient (Wildman–Crippen LogP) is 2.35. The van der Waals surface area contributed by atoms with Crippen LogP contribution in [0.15, 0.2) is 18.3 Å². The monoisotopic (exact) mass is 248 g/mol. The molecule has 1 heterocycles. The maximum absolute atomic E-state index is 12.4. The lowest BCUT2D eigenvalue weighted by atomic mass is 10.2.